The van der Waals surface area contributed by atoms with Gasteiger partial charge in [-0.25, -0.2) is 4.79 Å². The highest BCUT2D eigenvalue weighted by atomic mass is 16.6. The summed E-state index contributed by atoms with van der Waals surface area (Å²) in [6.45, 7) is 1.73. The van der Waals surface area contributed by atoms with Crippen molar-refractivity contribution in [2.24, 2.45) is 0 Å². The Morgan fingerprint density at radius 2 is 2.09 bits per heavy atom. The number of carbonyl (C=O) groups excluding carboxylic acids is 2. The number of nitrogens with zero attached hydrogens (tertiary/aromatic N) is 1. The van der Waals surface area contributed by atoms with Gasteiger partial charge in [0, 0.05) is 24.9 Å². The average Bonchev–Trinajstić information content (AvgIpc) is 3.09. The Hall–Kier alpha value is -3.11. The van der Waals surface area contributed by atoms with E-state index < -0.39 is 47.6 Å². The van der Waals surface area contributed by atoms with Crippen LogP contribution in [0.1, 0.15) is 37.3 Å². The fourth-order valence-electron chi connectivity index (χ4n) is 6.14. The number of aliphatic hydroxyl groups is 1. The van der Waals surface area contributed by atoms with E-state index in [1.54, 1.807) is 12.1 Å². The van der Waals surface area contributed by atoms with Gasteiger partial charge in [0.05, 0.1) is 17.4 Å². The van der Waals surface area contributed by atoms with Gasteiger partial charge in [0.2, 0.25) is 6.10 Å². The van der Waals surface area contributed by atoms with E-state index in [-0.39, 0.29) is 29.7 Å². The Labute approximate surface area is 189 Å². The van der Waals surface area contributed by atoms with E-state index in [1.807, 2.05) is 13.1 Å². The Morgan fingerprint density at radius 1 is 1.33 bits per heavy atom. The van der Waals surface area contributed by atoms with Crippen LogP contribution < -0.4 is 4.74 Å². The van der Waals surface area contributed by atoms with Crippen LogP contribution in [0, 0.1) is 0 Å². The number of aliphatic carboxylic acids is 1. The Balaban J connectivity index is 1.51. The zero-order chi connectivity index (χ0) is 23.7. The molecule has 10 nitrogen and oxygen atoms in total. The molecule has 1 aromatic carbocycles. The molecule has 0 saturated carbocycles. The first-order chi connectivity index (χ1) is 15.6. The zero-order valence-corrected chi connectivity index (χ0v) is 18.2. The largest absolute Gasteiger partial charge is 0.504 e. The number of carbonyl (C=O) groups is 3. The van der Waals surface area contributed by atoms with Gasteiger partial charge in [-0.15, -0.1) is 0 Å². The highest BCUT2D eigenvalue weighted by Crippen LogP contribution is 2.65. The molecule has 2 heterocycles. The number of phenolic OH excluding ortho intramolecular Hbond substituents is 1. The summed E-state index contributed by atoms with van der Waals surface area (Å²) in [5.41, 5.74) is -0.393. The van der Waals surface area contributed by atoms with Crippen molar-refractivity contribution in [2.75, 3.05) is 13.6 Å². The maximum Gasteiger partial charge on any atom is 0.345 e. The maximum atomic E-state index is 12.6. The fraction of sp³-hybridized carbons (Fsp3) is 0.522. The predicted octanol–water partition coefficient (Wildman–Crippen LogP) is 0.619. The molecule has 5 atom stereocenters. The minimum atomic E-state index is -1.67. The van der Waals surface area contributed by atoms with E-state index in [1.165, 1.54) is 0 Å². The SMILES string of the molecule is CC(=O)O[C@@H](CC(=O)OC1=CC[C@@]2(O)[C@H]3Cc4ccc(O)c5c4[C@@]2(CCN3C)[C@H]1O5)C(=O)O. The van der Waals surface area contributed by atoms with Gasteiger partial charge in [-0.3, -0.25) is 9.59 Å². The van der Waals surface area contributed by atoms with Gasteiger partial charge in [-0.1, -0.05) is 6.07 Å². The molecule has 176 valence electrons. The van der Waals surface area contributed by atoms with Gasteiger partial charge in [-0.05, 0) is 44.1 Å². The molecule has 0 aromatic heterocycles. The number of likely N-dealkylation sites (N-methyl/N-ethyl adjacent to an activating group) is 1. The van der Waals surface area contributed by atoms with Crippen LogP contribution in [0.25, 0.3) is 0 Å². The lowest BCUT2D eigenvalue weighted by molar-refractivity contribution is -0.173. The lowest BCUT2D eigenvalue weighted by Crippen LogP contribution is -2.74. The smallest absolute Gasteiger partial charge is 0.345 e. The predicted molar refractivity (Wildman–Crippen MR) is 110 cm³/mol. The summed E-state index contributed by atoms with van der Waals surface area (Å²) in [7, 11) is 1.97. The second-order valence-electron chi connectivity index (χ2n) is 9.22. The normalized spacial score (nSPS) is 32.2. The van der Waals surface area contributed by atoms with Crippen molar-refractivity contribution in [1.82, 2.24) is 4.90 Å². The summed E-state index contributed by atoms with van der Waals surface area (Å²) < 4.78 is 16.4. The van der Waals surface area contributed by atoms with Crippen molar-refractivity contribution in [1.29, 1.82) is 0 Å². The van der Waals surface area contributed by atoms with E-state index >= 15 is 0 Å². The summed E-state index contributed by atoms with van der Waals surface area (Å²) in [6.07, 6.45) is -0.298. The second kappa shape index (κ2) is 7.19. The number of hydrogen-bond donors (Lipinski definition) is 3. The molecule has 10 heteroatoms. The van der Waals surface area contributed by atoms with Gasteiger partial charge in [0.25, 0.3) is 0 Å². The molecular weight excluding hydrogens is 434 g/mol. The zero-order valence-electron chi connectivity index (χ0n) is 18.2. The summed E-state index contributed by atoms with van der Waals surface area (Å²) >= 11 is 0. The summed E-state index contributed by atoms with van der Waals surface area (Å²) in [5, 5.41) is 31.8. The summed E-state index contributed by atoms with van der Waals surface area (Å²) in [4.78, 5) is 37.2. The van der Waals surface area contributed by atoms with E-state index in [2.05, 4.69) is 9.64 Å². The molecule has 1 fully saturated rings. The third kappa shape index (κ3) is 2.90. The number of ether oxygens (including phenoxy) is 3. The number of rotatable bonds is 5. The van der Waals surface area contributed by atoms with Gasteiger partial charge >= 0.3 is 17.9 Å². The van der Waals surface area contributed by atoms with Crippen molar-refractivity contribution in [2.45, 2.75) is 61.9 Å². The number of aromatic hydroxyl groups is 1. The van der Waals surface area contributed by atoms with Crippen LogP contribution in [0.4, 0.5) is 0 Å². The molecule has 3 N–H and O–H groups in total. The molecule has 1 saturated heterocycles. The number of hydrogen-bond acceptors (Lipinski definition) is 9. The van der Waals surface area contributed by atoms with Crippen LogP contribution in [0.5, 0.6) is 11.5 Å². The van der Waals surface area contributed by atoms with Crippen LogP contribution in [0.3, 0.4) is 0 Å². The summed E-state index contributed by atoms with van der Waals surface area (Å²) in [6, 6.07) is 3.22. The number of benzene rings is 1. The third-order valence-corrected chi connectivity index (χ3v) is 7.52. The first-order valence-corrected chi connectivity index (χ1v) is 10.8. The monoisotopic (exact) mass is 459 g/mol. The second-order valence-corrected chi connectivity index (χ2v) is 9.22. The van der Waals surface area contributed by atoms with Crippen molar-refractivity contribution in [3.63, 3.8) is 0 Å². The van der Waals surface area contributed by atoms with Crippen molar-refractivity contribution >= 4 is 17.9 Å². The average molecular weight is 459 g/mol. The van der Waals surface area contributed by atoms with E-state index in [9.17, 15) is 29.7 Å². The van der Waals surface area contributed by atoms with Crippen molar-refractivity contribution in [3.8, 4) is 11.5 Å². The standard InChI is InChI=1S/C23H25NO9/c1-11(25)31-15(21(28)29)10-17(27)32-14-5-6-23(30)16-9-12-3-4-13(26)19-18(12)22(23,20(14)33-19)7-8-24(16)2/h3-5,15-16,20,26,30H,6-10H2,1-2H3,(H,28,29)/t15-,16+,20-,22-,23+/m0/s1. The molecule has 2 aliphatic carbocycles. The Morgan fingerprint density at radius 3 is 2.79 bits per heavy atom. The van der Waals surface area contributed by atoms with Crippen molar-refractivity contribution in [3.05, 3.63) is 35.1 Å². The Bertz CT molecular complexity index is 1100. The minimum absolute atomic E-state index is 0.0521. The van der Waals surface area contributed by atoms with Gasteiger partial charge in [0.1, 0.15) is 5.76 Å². The lowest BCUT2D eigenvalue weighted by Gasteiger charge is -2.61. The molecule has 4 aliphatic rings. The van der Waals surface area contributed by atoms with Crippen molar-refractivity contribution < 1.29 is 43.9 Å². The quantitative estimate of drug-likeness (QED) is 0.536. The van der Waals surface area contributed by atoms with E-state index in [4.69, 9.17) is 9.47 Å². The third-order valence-electron chi connectivity index (χ3n) is 7.52. The Kier molecular flexibility index (Phi) is 4.74. The topological polar surface area (TPSA) is 143 Å². The lowest BCUT2D eigenvalue weighted by atomic mass is 9.50. The van der Waals surface area contributed by atoms with E-state index in [0.717, 1.165) is 18.1 Å². The van der Waals surface area contributed by atoms with Crippen LogP contribution in [-0.4, -0.2) is 75.6 Å². The first-order valence-electron chi connectivity index (χ1n) is 10.8. The molecule has 0 amide bonds. The number of carboxylic acids is 1. The number of piperidine rings is 1. The first kappa shape index (κ1) is 21.7. The number of esters is 2. The van der Waals surface area contributed by atoms with Crippen LogP contribution in [0.15, 0.2) is 24.0 Å². The molecule has 1 aromatic rings. The van der Waals surface area contributed by atoms with Gasteiger partial charge in [-0.2, -0.15) is 0 Å². The van der Waals surface area contributed by atoms with Gasteiger partial charge < -0.3 is 34.4 Å². The molecule has 33 heavy (non-hydrogen) atoms. The molecular formula is C23H25NO9. The highest BCUT2D eigenvalue weighted by Gasteiger charge is 2.72. The summed E-state index contributed by atoms with van der Waals surface area (Å²) in [5.74, 6) is -2.80. The van der Waals surface area contributed by atoms with E-state index in [0.29, 0.717) is 19.4 Å². The molecule has 2 bridgehead atoms. The number of carboxylic acid groups (broad SMARTS) is 1. The highest BCUT2D eigenvalue weighted by molar-refractivity contribution is 5.83. The molecule has 0 unspecified atom stereocenters. The van der Waals surface area contributed by atoms with Gasteiger partial charge in [0.15, 0.2) is 17.6 Å². The maximum absolute atomic E-state index is 12.6. The van der Waals surface area contributed by atoms with Crippen LogP contribution >= 0.6 is 0 Å². The minimum Gasteiger partial charge on any atom is -0.504 e. The number of phenols is 1. The van der Waals surface area contributed by atoms with Crippen LogP contribution in [-0.2, 0) is 35.7 Å². The molecule has 1 spiro atoms. The molecule has 0 radical (unpaired) electrons. The molecule has 5 rings (SSSR count). The van der Waals surface area contributed by atoms with Crippen LogP contribution in [0.2, 0.25) is 0 Å². The number of likely N-dealkylation sites (tertiary alicyclic amines) is 1. The fourth-order valence-corrected chi connectivity index (χ4v) is 6.14. The molecule has 2 aliphatic heterocycles.